The minimum atomic E-state index is 0.142. The lowest BCUT2D eigenvalue weighted by atomic mass is 10.2. The molecule has 1 N–H and O–H groups in total. The molecule has 4 nitrogen and oxygen atoms in total. The molecule has 2 rings (SSSR count). The van der Waals surface area contributed by atoms with Crippen molar-refractivity contribution in [2.75, 3.05) is 11.9 Å². The smallest absolute Gasteiger partial charge is 0.219 e. The summed E-state index contributed by atoms with van der Waals surface area (Å²) < 4.78 is 5.82. The van der Waals surface area contributed by atoms with Crippen LogP contribution in [-0.2, 0) is 0 Å². The van der Waals surface area contributed by atoms with Crippen molar-refractivity contribution in [3.05, 3.63) is 36.4 Å². The zero-order chi connectivity index (χ0) is 14.4. The minimum Gasteiger partial charge on any atom is -0.475 e. The first kappa shape index (κ1) is 14.3. The van der Waals surface area contributed by atoms with Gasteiger partial charge in [0.2, 0.25) is 5.88 Å². The van der Waals surface area contributed by atoms with Crippen LogP contribution < -0.4 is 10.1 Å². The number of rotatable bonds is 6. The van der Waals surface area contributed by atoms with Crippen LogP contribution in [0.1, 0.15) is 27.2 Å². The van der Waals surface area contributed by atoms with E-state index in [0.717, 1.165) is 24.3 Å². The summed E-state index contributed by atoms with van der Waals surface area (Å²) in [6, 6.07) is 11.8. The van der Waals surface area contributed by atoms with Gasteiger partial charge in [0.05, 0.1) is 6.10 Å². The molecule has 2 aromatic rings. The van der Waals surface area contributed by atoms with Crippen molar-refractivity contribution in [2.24, 2.45) is 0 Å². The fraction of sp³-hybridized carbons (Fsp3) is 0.375. The lowest BCUT2D eigenvalue weighted by molar-refractivity contribution is 0.208. The molecule has 4 heteroatoms. The standard InChI is InChI=1S/C16H21N3O/c1-4-12(3)20-15-11-14(17-5-2)18-16(19-15)13-9-7-6-8-10-13/h6-12H,4-5H2,1-3H3,(H,17,18,19). The average molecular weight is 271 g/mol. The molecule has 0 fully saturated rings. The molecule has 0 aliphatic carbocycles. The van der Waals surface area contributed by atoms with Crippen LogP contribution in [0.5, 0.6) is 5.88 Å². The lowest BCUT2D eigenvalue weighted by Gasteiger charge is -2.14. The van der Waals surface area contributed by atoms with Crippen molar-refractivity contribution in [1.29, 1.82) is 0 Å². The van der Waals surface area contributed by atoms with Crippen LogP contribution in [-0.4, -0.2) is 22.6 Å². The van der Waals surface area contributed by atoms with Crippen molar-refractivity contribution in [3.63, 3.8) is 0 Å². The highest BCUT2D eigenvalue weighted by Gasteiger charge is 2.09. The van der Waals surface area contributed by atoms with Crippen LogP contribution in [0.4, 0.5) is 5.82 Å². The zero-order valence-electron chi connectivity index (χ0n) is 12.3. The van der Waals surface area contributed by atoms with Gasteiger partial charge in [-0.2, -0.15) is 4.98 Å². The molecule has 1 aromatic heterocycles. The largest absolute Gasteiger partial charge is 0.475 e. The van der Waals surface area contributed by atoms with Gasteiger partial charge in [0, 0.05) is 18.2 Å². The van der Waals surface area contributed by atoms with Crippen LogP contribution in [0.25, 0.3) is 11.4 Å². The quantitative estimate of drug-likeness (QED) is 0.869. The molecule has 0 aliphatic rings. The van der Waals surface area contributed by atoms with Crippen LogP contribution in [0.15, 0.2) is 36.4 Å². The van der Waals surface area contributed by atoms with E-state index in [1.54, 1.807) is 0 Å². The third kappa shape index (κ3) is 3.70. The molecule has 0 radical (unpaired) electrons. The summed E-state index contributed by atoms with van der Waals surface area (Å²) in [5.74, 6) is 2.09. The second kappa shape index (κ2) is 6.89. The van der Waals surface area contributed by atoms with E-state index in [-0.39, 0.29) is 6.10 Å². The maximum absolute atomic E-state index is 5.82. The van der Waals surface area contributed by atoms with Gasteiger partial charge in [-0.05, 0) is 20.3 Å². The van der Waals surface area contributed by atoms with Gasteiger partial charge in [0.1, 0.15) is 5.82 Å². The van der Waals surface area contributed by atoms with Crippen LogP contribution in [0.2, 0.25) is 0 Å². The lowest BCUT2D eigenvalue weighted by Crippen LogP contribution is -2.12. The van der Waals surface area contributed by atoms with Crippen molar-refractivity contribution in [3.8, 4) is 17.3 Å². The number of nitrogens with one attached hydrogen (secondary N) is 1. The number of hydrogen-bond donors (Lipinski definition) is 1. The maximum atomic E-state index is 5.82. The Hall–Kier alpha value is -2.10. The summed E-state index contributed by atoms with van der Waals surface area (Å²) in [4.78, 5) is 9.02. The van der Waals surface area contributed by atoms with Gasteiger partial charge in [-0.25, -0.2) is 4.98 Å². The summed E-state index contributed by atoms with van der Waals surface area (Å²) in [6.45, 7) is 6.99. The Labute approximate surface area is 120 Å². The predicted molar refractivity (Wildman–Crippen MR) is 82.0 cm³/mol. The summed E-state index contributed by atoms with van der Waals surface area (Å²) >= 11 is 0. The number of nitrogens with zero attached hydrogens (tertiary/aromatic N) is 2. The fourth-order valence-electron chi connectivity index (χ4n) is 1.76. The second-order valence-corrected chi connectivity index (χ2v) is 4.65. The summed E-state index contributed by atoms with van der Waals surface area (Å²) in [5.41, 5.74) is 0.987. The van der Waals surface area contributed by atoms with Gasteiger partial charge in [0.25, 0.3) is 0 Å². The molecule has 0 saturated carbocycles. The molecule has 0 amide bonds. The maximum Gasteiger partial charge on any atom is 0.219 e. The molecular weight excluding hydrogens is 250 g/mol. The van der Waals surface area contributed by atoms with Crippen LogP contribution >= 0.6 is 0 Å². The first-order chi connectivity index (χ1) is 9.72. The first-order valence-electron chi connectivity index (χ1n) is 7.08. The average Bonchev–Trinajstić information content (AvgIpc) is 2.48. The Morgan fingerprint density at radius 2 is 1.90 bits per heavy atom. The van der Waals surface area contributed by atoms with Gasteiger partial charge < -0.3 is 10.1 Å². The van der Waals surface area contributed by atoms with E-state index in [4.69, 9.17) is 4.74 Å². The first-order valence-corrected chi connectivity index (χ1v) is 7.08. The van der Waals surface area contributed by atoms with Gasteiger partial charge in [-0.1, -0.05) is 37.3 Å². The van der Waals surface area contributed by atoms with E-state index in [0.29, 0.717) is 11.7 Å². The Bertz CT molecular complexity index is 543. The van der Waals surface area contributed by atoms with Gasteiger partial charge in [-0.3, -0.25) is 0 Å². The normalized spacial score (nSPS) is 11.9. The highest BCUT2D eigenvalue weighted by molar-refractivity contribution is 5.58. The fourth-order valence-corrected chi connectivity index (χ4v) is 1.76. The molecule has 1 heterocycles. The molecule has 0 saturated heterocycles. The van der Waals surface area contributed by atoms with Crippen molar-refractivity contribution in [2.45, 2.75) is 33.3 Å². The Balaban J connectivity index is 2.35. The zero-order valence-corrected chi connectivity index (χ0v) is 12.3. The van der Waals surface area contributed by atoms with Gasteiger partial charge in [-0.15, -0.1) is 0 Å². The molecule has 0 bridgehead atoms. The van der Waals surface area contributed by atoms with E-state index in [1.165, 1.54) is 0 Å². The highest BCUT2D eigenvalue weighted by Crippen LogP contribution is 2.22. The molecule has 20 heavy (non-hydrogen) atoms. The highest BCUT2D eigenvalue weighted by atomic mass is 16.5. The molecule has 0 aliphatic heterocycles. The Kier molecular flexibility index (Phi) is 4.93. The van der Waals surface area contributed by atoms with Gasteiger partial charge in [0.15, 0.2) is 5.82 Å². The van der Waals surface area contributed by atoms with Gasteiger partial charge >= 0.3 is 0 Å². The predicted octanol–water partition coefficient (Wildman–Crippen LogP) is 3.75. The topological polar surface area (TPSA) is 47.0 Å². The Morgan fingerprint density at radius 1 is 1.15 bits per heavy atom. The molecule has 0 spiro atoms. The number of hydrogen-bond acceptors (Lipinski definition) is 4. The number of anilines is 1. The van der Waals surface area contributed by atoms with Crippen LogP contribution in [0, 0.1) is 0 Å². The van der Waals surface area contributed by atoms with E-state index in [1.807, 2.05) is 50.2 Å². The monoisotopic (exact) mass is 271 g/mol. The van der Waals surface area contributed by atoms with Crippen LogP contribution in [0.3, 0.4) is 0 Å². The number of aromatic nitrogens is 2. The van der Waals surface area contributed by atoms with E-state index in [9.17, 15) is 0 Å². The molecular formula is C16H21N3O. The molecule has 106 valence electrons. The summed E-state index contributed by atoms with van der Waals surface area (Å²) in [5, 5.41) is 3.22. The summed E-state index contributed by atoms with van der Waals surface area (Å²) in [6.07, 6.45) is 1.09. The number of ether oxygens (including phenoxy) is 1. The third-order valence-electron chi connectivity index (χ3n) is 2.99. The molecule has 1 unspecified atom stereocenters. The van der Waals surface area contributed by atoms with E-state index < -0.39 is 0 Å². The second-order valence-electron chi connectivity index (χ2n) is 4.65. The van der Waals surface area contributed by atoms with Crippen molar-refractivity contribution in [1.82, 2.24) is 9.97 Å². The summed E-state index contributed by atoms with van der Waals surface area (Å²) in [7, 11) is 0. The number of benzene rings is 1. The van der Waals surface area contributed by atoms with Crippen molar-refractivity contribution < 1.29 is 4.74 Å². The van der Waals surface area contributed by atoms with Crippen molar-refractivity contribution >= 4 is 5.82 Å². The SMILES string of the molecule is CCNc1cc(OC(C)CC)nc(-c2ccccc2)n1. The van der Waals surface area contributed by atoms with E-state index in [2.05, 4.69) is 22.2 Å². The molecule has 1 aromatic carbocycles. The Morgan fingerprint density at radius 3 is 2.55 bits per heavy atom. The minimum absolute atomic E-state index is 0.142. The third-order valence-corrected chi connectivity index (χ3v) is 2.99. The molecule has 1 atom stereocenters. The van der Waals surface area contributed by atoms with E-state index >= 15 is 0 Å².